The zero-order valence-corrected chi connectivity index (χ0v) is 20.8. The summed E-state index contributed by atoms with van der Waals surface area (Å²) in [6.45, 7) is 4.46. The second-order valence-corrected chi connectivity index (χ2v) is 9.24. The minimum atomic E-state index is -0.713. The van der Waals surface area contributed by atoms with Crippen LogP contribution in [0.5, 0.6) is 0 Å². The van der Waals surface area contributed by atoms with Gasteiger partial charge in [-0.2, -0.15) is 0 Å². The number of carbonyl (C=O) groups is 2. The van der Waals surface area contributed by atoms with Gasteiger partial charge in [0, 0.05) is 12.8 Å². The SMILES string of the molecule is CCCCCCCCCCCCC(=O)OC(CCCCCC)CCCCCCC(=O)O. The van der Waals surface area contributed by atoms with Crippen molar-refractivity contribution in [3.05, 3.63) is 0 Å². The Morgan fingerprint density at radius 2 is 0.968 bits per heavy atom. The summed E-state index contributed by atoms with van der Waals surface area (Å²) in [5, 5.41) is 8.71. The Morgan fingerprint density at radius 1 is 0.581 bits per heavy atom. The number of carbonyl (C=O) groups excluding carboxylic acids is 1. The van der Waals surface area contributed by atoms with Crippen molar-refractivity contribution in [2.75, 3.05) is 0 Å². The predicted octanol–water partition coefficient (Wildman–Crippen LogP) is 8.60. The van der Waals surface area contributed by atoms with Crippen LogP contribution in [0.3, 0.4) is 0 Å². The van der Waals surface area contributed by atoms with Crippen molar-refractivity contribution in [3.8, 4) is 0 Å². The number of carboxylic acids is 1. The summed E-state index contributed by atoms with van der Waals surface area (Å²) < 4.78 is 5.83. The van der Waals surface area contributed by atoms with Crippen LogP contribution in [0.1, 0.15) is 155 Å². The summed E-state index contributed by atoms with van der Waals surface area (Å²) in [6, 6.07) is 0. The summed E-state index contributed by atoms with van der Waals surface area (Å²) >= 11 is 0. The third-order valence-electron chi connectivity index (χ3n) is 6.08. The molecule has 0 radical (unpaired) electrons. The first kappa shape index (κ1) is 29.9. The Labute approximate surface area is 192 Å². The average molecular weight is 441 g/mol. The zero-order valence-electron chi connectivity index (χ0n) is 20.8. The van der Waals surface area contributed by atoms with Gasteiger partial charge < -0.3 is 9.84 Å². The lowest BCUT2D eigenvalue weighted by Crippen LogP contribution is -2.18. The van der Waals surface area contributed by atoms with E-state index in [4.69, 9.17) is 9.84 Å². The summed E-state index contributed by atoms with van der Waals surface area (Å²) in [5.41, 5.74) is 0. The van der Waals surface area contributed by atoms with Crippen LogP contribution in [0.2, 0.25) is 0 Å². The second kappa shape index (κ2) is 23.6. The zero-order chi connectivity index (χ0) is 23.0. The smallest absolute Gasteiger partial charge is 0.306 e. The van der Waals surface area contributed by atoms with Gasteiger partial charge in [-0.3, -0.25) is 9.59 Å². The van der Waals surface area contributed by atoms with Gasteiger partial charge in [0.05, 0.1) is 0 Å². The topological polar surface area (TPSA) is 63.6 Å². The number of esters is 1. The van der Waals surface area contributed by atoms with Crippen molar-refractivity contribution in [3.63, 3.8) is 0 Å². The molecule has 0 amide bonds. The predicted molar refractivity (Wildman–Crippen MR) is 130 cm³/mol. The van der Waals surface area contributed by atoms with E-state index in [1.165, 1.54) is 70.6 Å². The van der Waals surface area contributed by atoms with Gasteiger partial charge in [-0.15, -0.1) is 0 Å². The highest BCUT2D eigenvalue weighted by Crippen LogP contribution is 2.18. The summed E-state index contributed by atoms with van der Waals surface area (Å²) in [6.07, 6.45) is 24.0. The molecule has 1 N–H and O–H groups in total. The fourth-order valence-corrected chi connectivity index (χ4v) is 4.06. The molecule has 0 saturated heterocycles. The molecule has 0 aromatic heterocycles. The van der Waals surface area contributed by atoms with Crippen LogP contribution < -0.4 is 0 Å². The molecule has 0 fully saturated rings. The molecule has 184 valence electrons. The lowest BCUT2D eigenvalue weighted by atomic mass is 10.0. The van der Waals surface area contributed by atoms with E-state index < -0.39 is 5.97 Å². The van der Waals surface area contributed by atoms with E-state index in [0.29, 0.717) is 6.42 Å². The normalized spacial score (nSPS) is 12.1. The Bertz CT molecular complexity index is 408. The van der Waals surface area contributed by atoms with Gasteiger partial charge in [-0.25, -0.2) is 0 Å². The van der Waals surface area contributed by atoms with Crippen molar-refractivity contribution in [2.24, 2.45) is 0 Å². The van der Waals surface area contributed by atoms with Gasteiger partial charge in [0.1, 0.15) is 6.10 Å². The van der Waals surface area contributed by atoms with Crippen molar-refractivity contribution in [1.82, 2.24) is 0 Å². The molecule has 4 nitrogen and oxygen atoms in total. The molecule has 0 aromatic rings. The van der Waals surface area contributed by atoms with E-state index in [1.807, 2.05) is 0 Å². The van der Waals surface area contributed by atoms with E-state index in [-0.39, 0.29) is 18.5 Å². The average Bonchev–Trinajstić information content (AvgIpc) is 2.74. The van der Waals surface area contributed by atoms with E-state index in [2.05, 4.69) is 13.8 Å². The Hall–Kier alpha value is -1.06. The molecule has 0 aromatic carbocycles. The van der Waals surface area contributed by atoms with Gasteiger partial charge >= 0.3 is 11.9 Å². The summed E-state index contributed by atoms with van der Waals surface area (Å²) in [4.78, 5) is 22.9. The highest BCUT2D eigenvalue weighted by Gasteiger charge is 2.14. The molecule has 0 rings (SSSR count). The largest absolute Gasteiger partial charge is 0.481 e. The van der Waals surface area contributed by atoms with Crippen LogP contribution >= 0.6 is 0 Å². The monoisotopic (exact) mass is 440 g/mol. The van der Waals surface area contributed by atoms with Crippen LogP contribution in [0.25, 0.3) is 0 Å². The summed E-state index contributed by atoms with van der Waals surface area (Å²) in [5.74, 6) is -0.736. The van der Waals surface area contributed by atoms with Gasteiger partial charge in [-0.1, -0.05) is 104 Å². The number of ether oxygens (including phenoxy) is 1. The molecule has 4 heteroatoms. The fraction of sp³-hybridized carbons (Fsp3) is 0.926. The molecule has 0 aliphatic heterocycles. The number of carboxylic acid groups (broad SMARTS) is 1. The lowest BCUT2D eigenvalue weighted by Gasteiger charge is -2.18. The molecular formula is C27H52O4. The third-order valence-corrected chi connectivity index (χ3v) is 6.08. The first-order valence-corrected chi connectivity index (χ1v) is 13.5. The number of rotatable bonds is 24. The second-order valence-electron chi connectivity index (χ2n) is 9.24. The molecule has 1 atom stereocenters. The fourth-order valence-electron chi connectivity index (χ4n) is 4.06. The molecular weight excluding hydrogens is 388 g/mol. The van der Waals surface area contributed by atoms with Crippen molar-refractivity contribution in [1.29, 1.82) is 0 Å². The maximum atomic E-state index is 12.3. The highest BCUT2D eigenvalue weighted by atomic mass is 16.5. The molecule has 0 aliphatic rings. The van der Waals surface area contributed by atoms with Crippen molar-refractivity contribution < 1.29 is 19.4 Å². The molecule has 1 unspecified atom stereocenters. The summed E-state index contributed by atoms with van der Waals surface area (Å²) in [7, 11) is 0. The van der Waals surface area contributed by atoms with Gasteiger partial charge in [-0.05, 0) is 38.5 Å². The van der Waals surface area contributed by atoms with Crippen LogP contribution in [0, 0.1) is 0 Å². The third kappa shape index (κ3) is 23.4. The first-order chi connectivity index (χ1) is 15.1. The molecule has 0 aliphatic carbocycles. The maximum absolute atomic E-state index is 12.3. The number of aliphatic carboxylic acids is 1. The van der Waals surface area contributed by atoms with E-state index in [9.17, 15) is 9.59 Å². The lowest BCUT2D eigenvalue weighted by molar-refractivity contribution is -0.150. The van der Waals surface area contributed by atoms with E-state index in [0.717, 1.165) is 57.8 Å². The van der Waals surface area contributed by atoms with Gasteiger partial charge in [0.25, 0.3) is 0 Å². The van der Waals surface area contributed by atoms with Crippen molar-refractivity contribution >= 4 is 11.9 Å². The van der Waals surface area contributed by atoms with Crippen molar-refractivity contribution in [2.45, 2.75) is 161 Å². The standard InChI is InChI=1S/C27H52O4/c1-3-5-7-9-10-11-12-13-14-20-24-27(30)31-25(21-17-8-6-4-2)22-18-15-16-19-23-26(28)29/h25H,3-24H2,1-2H3,(H,28,29). The Kier molecular flexibility index (Phi) is 22.8. The maximum Gasteiger partial charge on any atom is 0.306 e. The number of hydrogen-bond donors (Lipinski definition) is 1. The Balaban J connectivity index is 3.88. The number of unbranched alkanes of at least 4 members (excludes halogenated alkanes) is 15. The van der Waals surface area contributed by atoms with Crippen LogP contribution in [-0.2, 0) is 14.3 Å². The first-order valence-electron chi connectivity index (χ1n) is 13.5. The Morgan fingerprint density at radius 3 is 1.45 bits per heavy atom. The minimum Gasteiger partial charge on any atom is -0.481 e. The van der Waals surface area contributed by atoms with Gasteiger partial charge in [0.2, 0.25) is 0 Å². The van der Waals surface area contributed by atoms with Gasteiger partial charge in [0.15, 0.2) is 0 Å². The molecule has 0 saturated carbocycles. The highest BCUT2D eigenvalue weighted by molar-refractivity contribution is 5.69. The van der Waals surface area contributed by atoms with E-state index >= 15 is 0 Å². The van der Waals surface area contributed by atoms with Crippen LogP contribution in [0.4, 0.5) is 0 Å². The molecule has 0 heterocycles. The molecule has 0 spiro atoms. The minimum absolute atomic E-state index is 0.0223. The number of hydrogen-bond acceptors (Lipinski definition) is 3. The van der Waals surface area contributed by atoms with E-state index in [1.54, 1.807) is 0 Å². The van der Waals surface area contributed by atoms with Crippen LogP contribution in [-0.4, -0.2) is 23.1 Å². The van der Waals surface area contributed by atoms with Crippen LogP contribution in [0.15, 0.2) is 0 Å². The molecule has 31 heavy (non-hydrogen) atoms. The molecule has 0 bridgehead atoms. The quantitative estimate of drug-likeness (QED) is 0.120.